The number of aliphatic hydroxyl groups is 1. The van der Waals surface area contributed by atoms with E-state index in [2.05, 4.69) is 5.32 Å². The second-order valence-corrected chi connectivity index (χ2v) is 3.81. The molecule has 0 aromatic rings. The normalized spacial score (nSPS) is 33.6. The van der Waals surface area contributed by atoms with Crippen LogP contribution in [0.4, 0.5) is 0 Å². The third-order valence-electron chi connectivity index (χ3n) is 2.55. The van der Waals surface area contributed by atoms with Crippen molar-refractivity contribution in [3.05, 3.63) is 0 Å². The Kier molecular flexibility index (Phi) is 2.02. The molecule has 0 aliphatic heterocycles. The van der Waals surface area contributed by atoms with Crippen molar-refractivity contribution in [2.24, 2.45) is 5.92 Å². The third kappa shape index (κ3) is 1.50. The number of hydrogen-bond donors (Lipinski definition) is 2. The molecule has 2 heteroatoms. The van der Waals surface area contributed by atoms with Crippen LogP contribution in [0.5, 0.6) is 0 Å². The minimum Gasteiger partial charge on any atom is -0.390 e. The van der Waals surface area contributed by atoms with Crippen LogP contribution in [0.1, 0.15) is 26.7 Å². The molecular weight excluding hydrogens is 126 g/mol. The summed E-state index contributed by atoms with van der Waals surface area (Å²) in [5, 5.41) is 12.7. The molecular formula is C8H17NO. The molecule has 0 heterocycles. The van der Waals surface area contributed by atoms with Gasteiger partial charge in [-0.1, -0.05) is 0 Å². The van der Waals surface area contributed by atoms with Crippen molar-refractivity contribution in [2.45, 2.75) is 38.3 Å². The topological polar surface area (TPSA) is 32.3 Å². The quantitative estimate of drug-likeness (QED) is 0.598. The molecule has 0 bridgehead atoms. The highest BCUT2D eigenvalue weighted by Gasteiger charge is 2.37. The Morgan fingerprint density at radius 3 is 2.20 bits per heavy atom. The fraction of sp³-hybridized carbons (Fsp3) is 1.00. The van der Waals surface area contributed by atoms with Crippen molar-refractivity contribution in [3.8, 4) is 0 Å². The zero-order chi connectivity index (χ0) is 7.78. The molecule has 1 saturated carbocycles. The summed E-state index contributed by atoms with van der Waals surface area (Å²) in [4.78, 5) is 0. The van der Waals surface area contributed by atoms with Crippen LogP contribution in [0.3, 0.4) is 0 Å². The number of nitrogens with one attached hydrogen (secondary N) is 1. The van der Waals surface area contributed by atoms with E-state index in [0.717, 1.165) is 12.8 Å². The first-order valence-corrected chi connectivity index (χ1v) is 3.93. The molecule has 0 spiro atoms. The first-order valence-electron chi connectivity index (χ1n) is 3.93. The minimum atomic E-state index is -0.465. The summed E-state index contributed by atoms with van der Waals surface area (Å²) in [7, 11) is 1.98. The van der Waals surface area contributed by atoms with Gasteiger partial charge >= 0.3 is 0 Å². The Labute approximate surface area is 62.6 Å². The lowest BCUT2D eigenvalue weighted by Crippen LogP contribution is -2.48. The molecule has 1 aliphatic carbocycles. The SMILES string of the molecule is CN[C@H]1C[C@H](C(C)(C)O)C1. The van der Waals surface area contributed by atoms with Gasteiger partial charge in [0.1, 0.15) is 0 Å². The molecule has 2 nitrogen and oxygen atoms in total. The van der Waals surface area contributed by atoms with Crippen LogP contribution in [-0.4, -0.2) is 23.8 Å². The van der Waals surface area contributed by atoms with Gasteiger partial charge in [0.15, 0.2) is 0 Å². The van der Waals surface area contributed by atoms with Crippen molar-refractivity contribution in [1.29, 1.82) is 0 Å². The highest BCUT2D eigenvalue weighted by atomic mass is 16.3. The first-order chi connectivity index (χ1) is 4.54. The Hall–Kier alpha value is -0.0800. The van der Waals surface area contributed by atoms with Crippen molar-refractivity contribution >= 4 is 0 Å². The van der Waals surface area contributed by atoms with E-state index in [1.807, 2.05) is 20.9 Å². The lowest BCUT2D eigenvalue weighted by Gasteiger charge is -2.42. The van der Waals surface area contributed by atoms with E-state index < -0.39 is 5.60 Å². The maximum absolute atomic E-state index is 9.52. The molecule has 1 fully saturated rings. The Bertz CT molecular complexity index is 111. The van der Waals surface area contributed by atoms with E-state index >= 15 is 0 Å². The number of hydrogen-bond acceptors (Lipinski definition) is 2. The Morgan fingerprint density at radius 1 is 1.40 bits per heavy atom. The molecule has 0 unspecified atom stereocenters. The van der Waals surface area contributed by atoms with Crippen LogP contribution in [0, 0.1) is 5.92 Å². The van der Waals surface area contributed by atoms with E-state index in [9.17, 15) is 5.11 Å². The Morgan fingerprint density at radius 2 is 1.90 bits per heavy atom. The van der Waals surface area contributed by atoms with Gasteiger partial charge in [-0.05, 0) is 39.7 Å². The van der Waals surface area contributed by atoms with Gasteiger partial charge in [0.2, 0.25) is 0 Å². The molecule has 0 atom stereocenters. The first kappa shape index (κ1) is 8.02. The van der Waals surface area contributed by atoms with Gasteiger partial charge in [0.25, 0.3) is 0 Å². The predicted molar refractivity (Wildman–Crippen MR) is 41.9 cm³/mol. The molecule has 60 valence electrons. The largest absolute Gasteiger partial charge is 0.390 e. The average Bonchev–Trinajstić information content (AvgIpc) is 1.57. The fourth-order valence-corrected chi connectivity index (χ4v) is 1.43. The molecule has 0 aromatic carbocycles. The molecule has 1 rings (SSSR count). The lowest BCUT2D eigenvalue weighted by atomic mass is 9.71. The van der Waals surface area contributed by atoms with Gasteiger partial charge in [0.05, 0.1) is 5.60 Å². The molecule has 10 heavy (non-hydrogen) atoms. The average molecular weight is 143 g/mol. The Balaban J connectivity index is 2.26. The molecule has 0 aromatic heterocycles. The van der Waals surface area contributed by atoms with Crippen LogP contribution < -0.4 is 5.32 Å². The van der Waals surface area contributed by atoms with Crippen molar-refractivity contribution in [2.75, 3.05) is 7.05 Å². The van der Waals surface area contributed by atoms with E-state index in [4.69, 9.17) is 0 Å². The highest BCUT2D eigenvalue weighted by molar-refractivity contribution is 4.92. The van der Waals surface area contributed by atoms with Crippen molar-refractivity contribution < 1.29 is 5.11 Å². The van der Waals surface area contributed by atoms with Gasteiger partial charge in [-0.3, -0.25) is 0 Å². The molecule has 2 N–H and O–H groups in total. The summed E-state index contributed by atoms with van der Waals surface area (Å²) < 4.78 is 0. The molecule has 0 amide bonds. The van der Waals surface area contributed by atoms with E-state index in [1.54, 1.807) is 0 Å². The molecule has 1 aliphatic rings. The monoisotopic (exact) mass is 143 g/mol. The summed E-state index contributed by atoms with van der Waals surface area (Å²) in [5.41, 5.74) is -0.465. The van der Waals surface area contributed by atoms with E-state index in [-0.39, 0.29) is 0 Å². The van der Waals surface area contributed by atoms with Crippen LogP contribution >= 0.6 is 0 Å². The van der Waals surface area contributed by atoms with Gasteiger partial charge in [-0.25, -0.2) is 0 Å². The van der Waals surface area contributed by atoms with Gasteiger partial charge < -0.3 is 10.4 Å². The summed E-state index contributed by atoms with van der Waals surface area (Å²) >= 11 is 0. The van der Waals surface area contributed by atoms with Gasteiger partial charge in [0, 0.05) is 6.04 Å². The van der Waals surface area contributed by atoms with Crippen molar-refractivity contribution in [1.82, 2.24) is 5.32 Å². The van der Waals surface area contributed by atoms with Crippen LogP contribution in [-0.2, 0) is 0 Å². The fourth-order valence-electron chi connectivity index (χ4n) is 1.43. The summed E-state index contributed by atoms with van der Waals surface area (Å²) in [6.45, 7) is 3.78. The maximum Gasteiger partial charge on any atom is 0.0620 e. The summed E-state index contributed by atoms with van der Waals surface area (Å²) in [5.74, 6) is 0.505. The van der Waals surface area contributed by atoms with Gasteiger partial charge in [-0.2, -0.15) is 0 Å². The van der Waals surface area contributed by atoms with Crippen LogP contribution in [0.15, 0.2) is 0 Å². The highest BCUT2D eigenvalue weighted by Crippen LogP contribution is 2.35. The van der Waals surface area contributed by atoms with E-state index in [1.165, 1.54) is 0 Å². The summed E-state index contributed by atoms with van der Waals surface area (Å²) in [6.07, 6.45) is 2.25. The number of rotatable bonds is 2. The second-order valence-electron chi connectivity index (χ2n) is 3.81. The van der Waals surface area contributed by atoms with Crippen LogP contribution in [0.25, 0.3) is 0 Å². The lowest BCUT2D eigenvalue weighted by molar-refractivity contribution is -0.0307. The zero-order valence-corrected chi connectivity index (χ0v) is 7.02. The maximum atomic E-state index is 9.52. The van der Waals surface area contributed by atoms with Crippen LogP contribution in [0.2, 0.25) is 0 Å². The molecule has 0 radical (unpaired) electrons. The standard InChI is InChI=1S/C8H17NO/c1-8(2,10)6-4-7(5-6)9-3/h6-7,9-10H,4-5H2,1-3H3/t6-,7-. The second kappa shape index (κ2) is 2.51. The van der Waals surface area contributed by atoms with E-state index in [0.29, 0.717) is 12.0 Å². The van der Waals surface area contributed by atoms with Gasteiger partial charge in [-0.15, -0.1) is 0 Å². The van der Waals surface area contributed by atoms with Crippen molar-refractivity contribution in [3.63, 3.8) is 0 Å². The third-order valence-corrected chi connectivity index (χ3v) is 2.55. The molecule has 0 saturated heterocycles. The zero-order valence-electron chi connectivity index (χ0n) is 7.02. The predicted octanol–water partition coefficient (Wildman–Crippen LogP) is 0.755. The summed E-state index contributed by atoms with van der Waals surface area (Å²) in [6, 6.07) is 0.649. The smallest absolute Gasteiger partial charge is 0.0620 e. The minimum absolute atomic E-state index is 0.465.